The van der Waals surface area contributed by atoms with Crippen molar-refractivity contribution in [2.45, 2.75) is 31.8 Å². The van der Waals surface area contributed by atoms with Crippen molar-refractivity contribution >= 4 is 0 Å². The lowest BCUT2D eigenvalue weighted by molar-refractivity contribution is 0.0590. The first-order chi connectivity index (χ1) is 11.2. The summed E-state index contributed by atoms with van der Waals surface area (Å²) in [6.45, 7) is 5.03. The second-order valence-corrected chi connectivity index (χ2v) is 6.32. The van der Waals surface area contributed by atoms with Crippen LogP contribution < -0.4 is 4.74 Å². The topological polar surface area (TPSA) is 61.4 Å². The van der Waals surface area contributed by atoms with Crippen molar-refractivity contribution < 1.29 is 9.84 Å². The van der Waals surface area contributed by atoms with E-state index in [0.29, 0.717) is 19.1 Å². The monoisotopic (exact) mass is 315 g/mol. The molecule has 124 valence electrons. The number of aromatic nitrogens is 2. The van der Waals surface area contributed by atoms with Gasteiger partial charge in [-0.2, -0.15) is 5.10 Å². The zero-order chi connectivity index (χ0) is 16.1. The van der Waals surface area contributed by atoms with Gasteiger partial charge in [-0.15, -0.1) is 0 Å². The molecule has 1 aromatic carbocycles. The molecule has 5 nitrogen and oxygen atoms in total. The number of aliphatic hydroxyl groups is 1. The van der Waals surface area contributed by atoms with E-state index in [1.165, 1.54) is 5.69 Å². The molecule has 2 heterocycles. The fourth-order valence-electron chi connectivity index (χ4n) is 3.18. The van der Waals surface area contributed by atoms with E-state index in [0.717, 1.165) is 37.2 Å². The highest BCUT2D eigenvalue weighted by Crippen LogP contribution is 2.26. The zero-order valence-electron chi connectivity index (χ0n) is 13.6. The summed E-state index contributed by atoms with van der Waals surface area (Å²) in [4.78, 5) is 2.32. The van der Waals surface area contributed by atoms with Gasteiger partial charge in [0.2, 0.25) is 0 Å². The summed E-state index contributed by atoms with van der Waals surface area (Å²) in [6.07, 6.45) is 3.56. The summed E-state index contributed by atoms with van der Waals surface area (Å²) in [5.74, 6) is 1.42. The van der Waals surface area contributed by atoms with Crippen LogP contribution in [0.5, 0.6) is 5.75 Å². The minimum Gasteiger partial charge on any atom is -0.491 e. The van der Waals surface area contributed by atoms with Crippen LogP contribution in [-0.4, -0.2) is 52.5 Å². The number of hydrogen-bond donors (Lipinski definition) is 2. The van der Waals surface area contributed by atoms with E-state index in [-0.39, 0.29) is 0 Å². The minimum atomic E-state index is -0.460. The number of β-amino-alcohol motifs (C(OH)–C–C–N with tert-alkyl or cyclic N) is 1. The van der Waals surface area contributed by atoms with E-state index in [1.807, 2.05) is 37.4 Å². The highest BCUT2D eigenvalue weighted by molar-refractivity contribution is 5.31. The molecule has 1 fully saturated rings. The van der Waals surface area contributed by atoms with Crippen molar-refractivity contribution in [3.8, 4) is 5.75 Å². The molecule has 0 spiro atoms. The van der Waals surface area contributed by atoms with Gasteiger partial charge in [0.1, 0.15) is 18.5 Å². The zero-order valence-corrected chi connectivity index (χ0v) is 13.6. The van der Waals surface area contributed by atoms with Gasteiger partial charge in [0, 0.05) is 24.4 Å². The molecule has 1 aromatic heterocycles. The lowest BCUT2D eigenvalue weighted by Gasteiger charge is -2.32. The summed E-state index contributed by atoms with van der Waals surface area (Å²) in [5.41, 5.74) is 2.33. The fourth-order valence-corrected chi connectivity index (χ4v) is 3.18. The SMILES string of the molecule is Cc1ccccc1OC[C@@H](O)CN1CCC(c2ccn[nH]2)CC1. The Morgan fingerprint density at radius 1 is 1.30 bits per heavy atom. The Hall–Kier alpha value is -1.85. The second kappa shape index (κ2) is 7.62. The summed E-state index contributed by atoms with van der Waals surface area (Å²) in [6, 6.07) is 9.96. The van der Waals surface area contributed by atoms with Crippen molar-refractivity contribution in [2.75, 3.05) is 26.2 Å². The Morgan fingerprint density at radius 3 is 2.78 bits per heavy atom. The maximum absolute atomic E-state index is 10.2. The number of ether oxygens (including phenoxy) is 1. The molecule has 0 unspecified atom stereocenters. The standard InChI is InChI=1S/C18H25N3O2/c1-14-4-2-3-5-18(14)23-13-16(22)12-21-10-7-15(8-11-21)17-6-9-19-20-17/h2-6,9,15-16,22H,7-8,10-13H2,1H3,(H,19,20)/t16-/m0/s1. The molecule has 0 radical (unpaired) electrons. The Labute approximate surface area is 137 Å². The smallest absolute Gasteiger partial charge is 0.122 e. The third-order valence-corrected chi connectivity index (χ3v) is 4.54. The maximum Gasteiger partial charge on any atom is 0.122 e. The van der Waals surface area contributed by atoms with Gasteiger partial charge in [-0.1, -0.05) is 18.2 Å². The average molecular weight is 315 g/mol. The first kappa shape index (κ1) is 16.0. The molecule has 23 heavy (non-hydrogen) atoms. The highest BCUT2D eigenvalue weighted by atomic mass is 16.5. The Balaban J connectivity index is 1.41. The molecule has 2 N–H and O–H groups in total. The molecule has 1 aliphatic rings. The second-order valence-electron chi connectivity index (χ2n) is 6.32. The number of aryl methyl sites for hydroxylation is 1. The molecule has 0 bridgehead atoms. The van der Waals surface area contributed by atoms with Crippen LogP contribution in [0.4, 0.5) is 0 Å². The third-order valence-electron chi connectivity index (χ3n) is 4.54. The Kier molecular flexibility index (Phi) is 5.31. The summed E-state index contributed by atoms with van der Waals surface area (Å²) >= 11 is 0. The van der Waals surface area contributed by atoms with Crippen LogP contribution >= 0.6 is 0 Å². The van der Waals surface area contributed by atoms with Crippen LogP contribution in [0, 0.1) is 6.92 Å². The number of rotatable bonds is 6. The van der Waals surface area contributed by atoms with E-state index in [1.54, 1.807) is 0 Å². The number of aromatic amines is 1. The van der Waals surface area contributed by atoms with Crippen molar-refractivity contribution in [1.82, 2.24) is 15.1 Å². The Bertz CT molecular complexity index is 592. The van der Waals surface area contributed by atoms with Crippen LogP contribution in [0.2, 0.25) is 0 Å². The first-order valence-electron chi connectivity index (χ1n) is 8.30. The quantitative estimate of drug-likeness (QED) is 0.859. The molecule has 0 aliphatic carbocycles. The number of hydrogen-bond acceptors (Lipinski definition) is 4. The molecular formula is C18H25N3O2. The number of likely N-dealkylation sites (tertiary alicyclic amines) is 1. The van der Waals surface area contributed by atoms with Gasteiger partial charge >= 0.3 is 0 Å². The van der Waals surface area contributed by atoms with Gasteiger partial charge in [-0.25, -0.2) is 0 Å². The van der Waals surface area contributed by atoms with Crippen molar-refractivity contribution in [3.05, 3.63) is 47.8 Å². The highest BCUT2D eigenvalue weighted by Gasteiger charge is 2.23. The molecule has 3 rings (SSSR count). The number of H-pyrrole nitrogens is 1. The number of nitrogens with one attached hydrogen (secondary N) is 1. The van der Waals surface area contributed by atoms with Crippen LogP contribution in [-0.2, 0) is 0 Å². The first-order valence-corrected chi connectivity index (χ1v) is 8.30. The lowest BCUT2D eigenvalue weighted by Crippen LogP contribution is -2.40. The van der Waals surface area contributed by atoms with Gasteiger partial charge in [0.15, 0.2) is 0 Å². The molecule has 1 saturated heterocycles. The molecule has 1 aliphatic heterocycles. The molecule has 0 amide bonds. The van der Waals surface area contributed by atoms with Crippen molar-refractivity contribution in [1.29, 1.82) is 0 Å². The van der Waals surface area contributed by atoms with Gasteiger partial charge in [-0.05, 0) is 50.6 Å². The van der Waals surface area contributed by atoms with E-state index >= 15 is 0 Å². The van der Waals surface area contributed by atoms with Crippen LogP contribution in [0.15, 0.2) is 36.5 Å². The molecule has 0 saturated carbocycles. The summed E-state index contributed by atoms with van der Waals surface area (Å²) < 4.78 is 5.73. The minimum absolute atomic E-state index is 0.339. The summed E-state index contributed by atoms with van der Waals surface area (Å²) in [5, 5.41) is 17.3. The van der Waals surface area contributed by atoms with Crippen LogP contribution in [0.25, 0.3) is 0 Å². The number of piperidine rings is 1. The maximum atomic E-state index is 10.2. The van der Waals surface area contributed by atoms with Gasteiger partial charge in [-0.3, -0.25) is 5.10 Å². The van der Waals surface area contributed by atoms with E-state index in [2.05, 4.69) is 21.2 Å². The normalized spacial score (nSPS) is 18.0. The lowest BCUT2D eigenvalue weighted by atomic mass is 9.93. The Morgan fingerprint density at radius 2 is 2.09 bits per heavy atom. The van der Waals surface area contributed by atoms with Crippen LogP contribution in [0.3, 0.4) is 0 Å². The van der Waals surface area contributed by atoms with E-state index in [9.17, 15) is 5.11 Å². The van der Waals surface area contributed by atoms with Crippen molar-refractivity contribution in [2.24, 2.45) is 0 Å². The van der Waals surface area contributed by atoms with E-state index < -0.39 is 6.10 Å². The van der Waals surface area contributed by atoms with Gasteiger partial charge < -0.3 is 14.7 Å². The van der Waals surface area contributed by atoms with Crippen LogP contribution in [0.1, 0.15) is 30.0 Å². The molecular weight excluding hydrogens is 290 g/mol. The summed E-state index contributed by atoms with van der Waals surface area (Å²) in [7, 11) is 0. The van der Waals surface area contributed by atoms with Gasteiger partial charge in [0.25, 0.3) is 0 Å². The molecule has 1 atom stereocenters. The predicted molar refractivity (Wildman–Crippen MR) is 89.7 cm³/mol. The fraction of sp³-hybridized carbons (Fsp3) is 0.500. The molecule has 2 aromatic rings. The van der Waals surface area contributed by atoms with Crippen molar-refractivity contribution in [3.63, 3.8) is 0 Å². The van der Waals surface area contributed by atoms with E-state index in [4.69, 9.17) is 4.74 Å². The number of aliphatic hydroxyl groups excluding tert-OH is 1. The number of nitrogens with zero attached hydrogens (tertiary/aromatic N) is 2. The number of benzene rings is 1. The third kappa shape index (κ3) is 4.33. The van der Waals surface area contributed by atoms with Gasteiger partial charge in [0.05, 0.1) is 0 Å². The number of para-hydroxylation sites is 1. The predicted octanol–water partition coefficient (Wildman–Crippen LogP) is 2.34. The molecule has 5 heteroatoms. The average Bonchev–Trinajstić information content (AvgIpc) is 3.09. The largest absolute Gasteiger partial charge is 0.491 e.